The molecule has 80 valence electrons. The lowest BCUT2D eigenvalue weighted by atomic mass is 10.2. The van der Waals surface area contributed by atoms with Gasteiger partial charge in [0, 0.05) is 5.56 Å². The number of hydrogen-bond donors (Lipinski definition) is 1. The van der Waals surface area contributed by atoms with Crippen molar-refractivity contribution >= 4 is 0 Å². The number of hydrogen-bond acceptors (Lipinski definition) is 2. The molecule has 0 unspecified atom stereocenters. The zero-order valence-electron chi connectivity index (χ0n) is 9.16. The van der Waals surface area contributed by atoms with Crippen LogP contribution in [0.4, 0.5) is 0 Å². The van der Waals surface area contributed by atoms with Crippen LogP contribution < -0.4 is 4.74 Å². The van der Waals surface area contributed by atoms with Crippen molar-refractivity contribution in [1.29, 1.82) is 0 Å². The van der Waals surface area contributed by atoms with E-state index >= 15 is 0 Å². The molecule has 0 aromatic heterocycles. The zero-order chi connectivity index (χ0) is 11.1. The van der Waals surface area contributed by atoms with Gasteiger partial charge in [0.15, 0.2) is 0 Å². The Labute approximate surface area is 90.9 Å². The SMILES string of the molecule is CC(C)COc1ccc(C#CCO)cc1. The number of ether oxygens (including phenoxy) is 1. The first-order valence-electron chi connectivity index (χ1n) is 5.05. The maximum absolute atomic E-state index is 8.53. The van der Waals surface area contributed by atoms with E-state index in [1.165, 1.54) is 0 Å². The predicted molar refractivity (Wildman–Crippen MR) is 60.7 cm³/mol. The van der Waals surface area contributed by atoms with Crippen LogP contribution >= 0.6 is 0 Å². The van der Waals surface area contributed by atoms with Crippen LogP contribution in [-0.4, -0.2) is 18.3 Å². The number of aliphatic hydroxyl groups is 1. The van der Waals surface area contributed by atoms with Crippen molar-refractivity contribution in [2.45, 2.75) is 13.8 Å². The molecule has 0 aliphatic rings. The molecular formula is C13H16O2. The summed E-state index contributed by atoms with van der Waals surface area (Å²) >= 11 is 0. The van der Waals surface area contributed by atoms with E-state index in [9.17, 15) is 0 Å². The third kappa shape index (κ3) is 4.53. The average Bonchev–Trinajstić information content (AvgIpc) is 2.25. The van der Waals surface area contributed by atoms with Crippen molar-refractivity contribution < 1.29 is 9.84 Å². The van der Waals surface area contributed by atoms with Crippen LogP contribution in [0.15, 0.2) is 24.3 Å². The lowest BCUT2D eigenvalue weighted by molar-refractivity contribution is 0.271. The van der Waals surface area contributed by atoms with Crippen molar-refractivity contribution in [2.75, 3.05) is 13.2 Å². The van der Waals surface area contributed by atoms with Gasteiger partial charge in [0.05, 0.1) is 6.61 Å². The zero-order valence-corrected chi connectivity index (χ0v) is 9.16. The molecule has 0 saturated carbocycles. The fourth-order valence-corrected chi connectivity index (χ4v) is 1.04. The molecule has 2 nitrogen and oxygen atoms in total. The number of benzene rings is 1. The van der Waals surface area contributed by atoms with E-state index in [1.807, 2.05) is 24.3 Å². The summed E-state index contributed by atoms with van der Waals surface area (Å²) in [5.41, 5.74) is 0.890. The molecule has 0 amide bonds. The molecular weight excluding hydrogens is 188 g/mol. The van der Waals surface area contributed by atoms with Crippen molar-refractivity contribution in [1.82, 2.24) is 0 Å². The molecule has 0 saturated heterocycles. The van der Waals surface area contributed by atoms with Crippen molar-refractivity contribution in [3.8, 4) is 17.6 Å². The average molecular weight is 204 g/mol. The van der Waals surface area contributed by atoms with Gasteiger partial charge in [0.2, 0.25) is 0 Å². The van der Waals surface area contributed by atoms with Crippen LogP contribution in [0.25, 0.3) is 0 Å². The molecule has 1 aromatic carbocycles. The van der Waals surface area contributed by atoms with Gasteiger partial charge in [-0.2, -0.15) is 0 Å². The summed E-state index contributed by atoms with van der Waals surface area (Å²) in [7, 11) is 0. The summed E-state index contributed by atoms with van der Waals surface area (Å²) in [5.74, 6) is 6.82. The monoisotopic (exact) mass is 204 g/mol. The summed E-state index contributed by atoms with van der Waals surface area (Å²) in [6, 6.07) is 7.56. The normalized spacial score (nSPS) is 9.60. The molecule has 0 aliphatic carbocycles. The molecule has 2 heteroatoms. The minimum Gasteiger partial charge on any atom is -0.493 e. The van der Waals surface area contributed by atoms with E-state index in [0.717, 1.165) is 17.9 Å². The minimum absolute atomic E-state index is 0.106. The van der Waals surface area contributed by atoms with Gasteiger partial charge < -0.3 is 9.84 Å². The predicted octanol–water partition coefficient (Wildman–Crippen LogP) is 2.07. The number of aliphatic hydroxyl groups excluding tert-OH is 1. The lowest BCUT2D eigenvalue weighted by Gasteiger charge is -2.07. The van der Waals surface area contributed by atoms with E-state index in [1.54, 1.807) is 0 Å². The van der Waals surface area contributed by atoms with Crippen LogP contribution in [0.2, 0.25) is 0 Å². The van der Waals surface area contributed by atoms with Gasteiger partial charge in [-0.05, 0) is 30.2 Å². The van der Waals surface area contributed by atoms with Gasteiger partial charge in [-0.3, -0.25) is 0 Å². The first kappa shape index (κ1) is 11.6. The highest BCUT2D eigenvalue weighted by atomic mass is 16.5. The molecule has 0 heterocycles. The van der Waals surface area contributed by atoms with Crippen LogP contribution in [0.5, 0.6) is 5.75 Å². The topological polar surface area (TPSA) is 29.5 Å². The fourth-order valence-electron chi connectivity index (χ4n) is 1.04. The molecule has 0 fully saturated rings. The minimum atomic E-state index is -0.106. The van der Waals surface area contributed by atoms with Crippen LogP contribution in [-0.2, 0) is 0 Å². The molecule has 1 N–H and O–H groups in total. The first-order valence-corrected chi connectivity index (χ1v) is 5.05. The van der Waals surface area contributed by atoms with Gasteiger partial charge in [0.25, 0.3) is 0 Å². The highest BCUT2D eigenvalue weighted by Crippen LogP contribution is 2.12. The smallest absolute Gasteiger partial charge is 0.119 e. The molecule has 0 radical (unpaired) electrons. The second kappa shape index (κ2) is 6.10. The van der Waals surface area contributed by atoms with E-state index in [2.05, 4.69) is 25.7 Å². The fraction of sp³-hybridized carbons (Fsp3) is 0.385. The first-order chi connectivity index (χ1) is 7.22. The summed E-state index contributed by atoms with van der Waals surface area (Å²) < 4.78 is 5.53. The third-order valence-corrected chi connectivity index (χ3v) is 1.75. The molecule has 1 aromatic rings. The highest BCUT2D eigenvalue weighted by Gasteiger charge is 1.96. The van der Waals surface area contributed by atoms with Gasteiger partial charge in [-0.1, -0.05) is 25.7 Å². The van der Waals surface area contributed by atoms with Crippen LogP contribution in [0, 0.1) is 17.8 Å². The Bertz CT molecular complexity index is 341. The highest BCUT2D eigenvalue weighted by molar-refractivity contribution is 5.38. The lowest BCUT2D eigenvalue weighted by Crippen LogP contribution is -2.04. The summed E-state index contributed by atoms with van der Waals surface area (Å²) in [4.78, 5) is 0. The molecule has 0 bridgehead atoms. The number of rotatable bonds is 3. The van der Waals surface area contributed by atoms with E-state index < -0.39 is 0 Å². The van der Waals surface area contributed by atoms with Crippen molar-refractivity contribution in [2.24, 2.45) is 5.92 Å². The Morgan fingerprint density at radius 3 is 2.47 bits per heavy atom. The van der Waals surface area contributed by atoms with E-state index in [0.29, 0.717) is 5.92 Å². The van der Waals surface area contributed by atoms with Gasteiger partial charge in [-0.25, -0.2) is 0 Å². The van der Waals surface area contributed by atoms with E-state index in [4.69, 9.17) is 9.84 Å². The quantitative estimate of drug-likeness (QED) is 0.764. The molecule has 1 rings (SSSR count). The summed E-state index contributed by atoms with van der Waals surface area (Å²) in [6.07, 6.45) is 0. The molecule has 15 heavy (non-hydrogen) atoms. The van der Waals surface area contributed by atoms with Gasteiger partial charge in [-0.15, -0.1) is 0 Å². The Kier molecular flexibility index (Phi) is 4.73. The Hall–Kier alpha value is -1.46. The maximum atomic E-state index is 8.53. The molecule has 0 aliphatic heterocycles. The second-order valence-electron chi connectivity index (χ2n) is 3.69. The summed E-state index contributed by atoms with van der Waals surface area (Å²) in [6.45, 7) is 4.84. The van der Waals surface area contributed by atoms with Gasteiger partial charge in [0.1, 0.15) is 12.4 Å². The van der Waals surface area contributed by atoms with Crippen LogP contribution in [0.1, 0.15) is 19.4 Å². The maximum Gasteiger partial charge on any atom is 0.119 e. The molecule has 0 atom stereocenters. The van der Waals surface area contributed by atoms with Crippen molar-refractivity contribution in [3.63, 3.8) is 0 Å². The van der Waals surface area contributed by atoms with Crippen molar-refractivity contribution in [3.05, 3.63) is 29.8 Å². The van der Waals surface area contributed by atoms with Gasteiger partial charge >= 0.3 is 0 Å². The molecule has 0 spiro atoms. The second-order valence-corrected chi connectivity index (χ2v) is 3.69. The third-order valence-electron chi connectivity index (χ3n) is 1.75. The van der Waals surface area contributed by atoms with E-state index in [-0.39, 0.29) is 6.61 Å². The standard InChI is InChI=1S/C13H16O2/c1-11(2)10-15-13-7-5-12(6-8-13)4-3-9-14/h5-8,11,14H,9-10H2,1-2H3. The Morgan fingerprint density at radius 2 is 1.93 bits per heavy atom. The Morgan fingerprint density at radius 1 is 1.27 bits per heavy atom. The largest absolute Gasteiger partial charge is 0.493 e. The van der Waals surface area contributed by atoms with Crippen LogP contribution in [0.3, 0.4) is 0 Å². The summed E-state index contributed by atoms with van der Waals surface area (Å²) in [5, 5.41) is 8.53. The Balaban J connectivity index is 2.56.